The van der Waals surface area contributed by atoms with E-state index >= 15 is 0 Å². The predicted molar refractivity (Wildman–Crippen MR) is 98.6 cm³/mol. The number of aromatic nitrogens is 3. The van der Waals surface area contributed by atoms with Gasteiger partial charge in [0.2, 0.25) is 9.84 Å². The van der Waals surface area contributed by atoms with Crippen molar-refractivity contribution < 1.29 is 13.2 Å². The molecule has 0 spiro atoms. The summed E-state index contributed by atoms with van der Waals surface area (Å²) in [5.74, 6) is 0.643. The number of nitrogens with two attached hydrogens (primary N) is 1. The van der Waals surface area contributed by atoms with E-state index < -0.39 is 9.84 Å². The second-order valence-electron chi connectivity index (χ2n) is 6.11. The number of ether oxygens (including phenoxy) is 1. The molecule has 1 aromatic carbocycles. The Morgan fingerprint density at radius 1 is 1.19 bits per heavy atom. The molecule has 0 saturated heterocycles. The highest BCUT2D eigenvalue weighted by Crippen LogP contribution is 2.36. The van der Waals surface area contributed by atoms with Crippen LogP contribution < -0.4 is 10.5 Å². The van der Waals surface area contributed by atoms with Crippen LogP contribution in [0, 0.1) is 0 Å². The van der Waals surface area contributed by atoms with E-state index in [1.54, 1.807) is 12.1 Å². The predicted octanol–water partition coefficient (Wildman–Crippen LogP) is 2.95. The first kappa shape index (κ1) is 16.6. The van der Waals surface area contributed by atoms with E-state index in [4.69, 9.17) is 10.5 Å². The number of nitrogen functional groups attached to an aromatic ring is 1. The molecule has 0 amide bonds. The number of methoxy groups -OCH3 is 1. The maximum Gasteiger partial charge on any atom is 0.212 e. The first-order valence-corrected chi connectivity index (χ1v) is 9.71. The van der Waals surface area contributed by atoms with Gasteiger partial charge in [0.15, 0.2) is 0 Å². The molecular formula is C18H18N4O3S. The fourth-order valence-electron chi connectivity index (χ4n) is 3.27. The molecule has 0 unspecified atom stereocenters. The number of hydrogen-bond donors (Lipinski definition) is 2. The second kappa shape index (κ2) is 6.14. The number of benzene rings is 1. The fraction of sp³-hybridized carbons (Fsp3) is 0.222. The van der Waals surface area contributed by atoms with E-state index in [0.29, 0.717) is 16.8 Å². The van der Waals surface area contributed by atoms with Crippen molar-refractivity contribution in [3.63, 3.8) is 0 Å². The van der Waals surface area contributed by atoms with Gasteiger partial charge in [0, 0.05) is 0 Å². The van der Waals surface area contributed by atoms with Crippen molar-refractivity contribution in [1.82, 2.24) is 15.0 Å². The van der Waals surface area contributed by atoms with Crippen LogP contribution in [0.5, 0.6) is 5.75 Å². The van der Waals surface area contributed by atoms with Crippen molar-refractivity contribution in [2.75, 3.05) is 12.8 Å². The van der Waals surface area contributed by atoms with Gasteiger partial charge in [-0.1, -0.05) is 6.08 Å². The first-order chi connectivity index (χ1) is 12.5. The summed E-state index contributed by atoms with van der Waals surface area (Å²) in [5, 5.41) is 0. The zero-order chi connectivity index (χ0) is 18.3. The molecule has 0 aliphatic heterocycles. The Labute approximate surface area is 150 Å². The highest BCUT2D eigenvalue weighted by molar-refractivity contribution is 7.92. The number of fused-ring (bicyclic) bond motifs is 1. The van der Waals surface area contributed by atoms with E-state index in [-0.39, 0.29) is 15.6 Å². The van der Waals surface area contributed by atoms with E-state index in [1.807, 2.05) is 0 Å². The summed E-state index contributed by atoms with van der Waals surface area (Å²) in [7, 11) is -2.31. The molecular weight excluding hydrogens is 352 g/mol. The van der Waals surface area contributed by atoms with Gasteiger partial charge < -0.3 is 15.5 Å². The summed E-state index contributed by atoms with van der Waals surface area (Å²) in [6, 6.07) is 6.19. The Morgan fingerprint density at radius 2 is 1.96 bits per heavy atom. The lowest BCUT2D eigenvalue weighted by molar-refractivity contribution is 0.414. The van der Waals surface area contributed by atoms with E-state index in [9.17, 15) is 8.42 Å². The van der Waals surface area contributed by atoms with Crippen LogP contribution in [-0.4, -0.2) is 30.5 Å². The van der Waals surface area contributed by atoms with Crippen LogP contribution in [0.15, 0.2) is 46.5 Å². The Morgan fingerprint density at radius 3 is 2.62 bits per heavy atom. The van der Waals surface area contributed by atoms with Crippen molar-refractivity contribution in [2.45, 2.75) is 29.1 Å². The minimum Gasteiger partial charge on any atom is -0.497 e. The highest BCUT2D eigenvalue weighted by Gasteiger charge is 2.28. The molecule has 0 radical (unpaired) electrons. The average Bonchev–Trinajstić information content (AvgIpc) is 3.28. The topological polar surface area (TPSA) is 111 Å². The van der Waals surface area contributed by atoms with Gasteiger partial charge in [0.05, 0.1) is 23.2 Å². The maximum absolute atomic E-state index is 13.1. The van der Waals surface area contributed by atoms with Gasteiger partial charge in [-0.15, -0.1) is 0 Å². The third-order valence-electron chi connectivity index (χ3n) is 4.55. The third kappa shape index (κ3) is 2.53. The second-order valence-corrected chi connectivity index (χ2v) is 8.00. The molecule has 0 fully saturated rings. The number of allylic oxidation sites excluding steroid dienone is 2. The van der Waals surface area contributed by atoms with Crippen LogP contribution in [0.25, 0.3) is 16.6 Å². The Hall–Kier alpha value is -2.87. The lowest BCUT2D eigenvalue weighted by Gasteiger charge is -2.06. The normalized spacial score (nSPS) is 14.6. The van der Waals surface area contributed by atoms with Gasteiger partial charge >= 0.3 is 0 Å². The quantitative estimate of drug-likeness (QED) is 0.730. The average molecular weight is 370 g/mol. The molecule has 134 valence electrons. The van der Waals surface area contributed by atoms with Crippen LogP contribution >= 0.6 is 0 Å². The number of sulfone groups is 1. The summed E-state index contributed by atoms with van der Waals surface area (Å²) in [4.78, 5) is 11.6. The molecule has 3 aromatic rings. The van der Waals surface area contributed by atoms with Gasteiger partial charge in [-0.2, -0.15) is 0 Å². The summed E-state index contributed by atoms with van der Waals surface area (Å²) in [5.41, 5.74) is 8.74. The Bertz CT molecular complexity index is 1120. The van der Waals surface area contributed by atoms with Crippen molar-refractivity contribution in [1.29, 1.82) is 0 Å². The molecule has 0 atom stereocenters. The zero-order valence-electron chi connectivity index (χ0n) is 14.2. The number of anilines is 1. The molecule has 0 bridgehead atoms. The smallest absolute Gasteiger partial charge is 0.212 e. The zero-order valence-corrected chi connectivity index (χ0v) is 15.0. The largest absolute Gasteiger partial charge is 0.497 e. The van der Waals surface area contributed by atoms with Gasteiger partial charge in [0.1, 0.15) is 28.3 Å². The number of H-pyrrole nitrogens is 1. The minimum atomic E-state index is -3.84. The molecule has 1 aliphatic rings. The number of rotatable bonds is 4. The van der Waals surface area contributed by atoms with Gasteiger partial charge in [-0.3, -0.25) is 0 Å². The molecule has 4 rings (SSSR count). The SMILES string of the molecule is COc1ccc(S(=O)(=O)c2c(N)[nH]c3c(C4=CCCC4)ncnc23)cc1. The fourth-order valence-corrected chi connectivity index (χ4v) is 4.75. The summed E-state index contributed by atoms with van der Waals surface area (Å²) < 4.78 is 31.4. The van der Waals surface area contributed by atoms with Crippen LogP contribution in [-0.2, 0) is 9.84 Å². The number of aromatic amines is 1. The lowest BCUT2D eigenvalue weighted by atomic mass is 10.1. The molecule has 8 heteroatoms. The molecule has 2 aromatic heterocycles. The molecule has 3 N–H and O–H groups in total. The van der Waals surface area contributed by atoms with E-state index in [1.165, 1.54) is 25.6 Å². The monoisotopic (exact) mass is 370 g/mol. The molecule has 26 heavy (non-hydrogen) atoms. The Balaban J connectivity index is 1.91. The number of hydrogen-bond acceptors (Lipinski definition) is 6. The maximum atomic E-state index is 13.1. The molecule has 7 nitrogen and oxygen atoms in total. The lowest BCUT2D eigenvalue weighted by Crippen LogP contribution is -2.05. The van der Waals surface area contributed by atoms with Crippen molar-refractivity contribution in [3.05, 3.63) is 42.4 Å². The first-order valence-electron chi connectivity index (χ1n) is 8.23. The van der Waals surface area contributed by atoms with Crippen LogP contribution in [0.4, 0.5) is 5.82 Å². The highest BCUT2D eigenvalue weighted by atomic mass is 32.2. The Kier molecular flexibility index (Phi) is 3.91. The van der Waals surface area contributed by atoms with Gasteiger partial charge in [-0.25, -0.2) is 18.4 Å². The molecule has 1 aliphatic carbocycles. The van der Waals surface area contributed by atoms with E-state index in [2.05, 4.69) is 21.0 Å². The third-order valence-corrected chi connectivity index (χ3v) is 6.39. The summed E-state index contributed by atoms with van der Waals surface area (Å²) in [6.07, 6.45) is 6.47. The van der Waals surface area contributed by atoms with Gasteiger partial charge in [-0.05, 0) is 49.1 Å². The van der Waals surface area contributed by atoms with E-state index in [0.717, 1.165) is 30.5 Å². The summed E-state index contributed by atoms with van der Waals surface area (Å²) >= 11 is 0. The standard InChI is InChI=1S/C18H18N4O3S/c1-25-12-6-8-13(9-7-12)26(23,24)17-16-15(22-18(17)19)14(20-10-21-16)11-4-2-3-5-11/h4,6-10,22H,2-3,5,19H2,1H3. The van der Waals surface area contributed by atoms with Crippen molar-refractivity contribution in [3.8, 4) is 5.75 Å². The minimum absolute atomic E-state index is 0.0140. The van der Waals surface area contributed by atoms with Crippen molar-refractivity contribution >= 4 is 32.3 Å². The number of nitrogens with one attached hydrogen (secondary N) is 1. The molecule has 2 heterocycles. The van der Waals surface area contributed by atoms with Crippen LogP contribution in [0.3, 0.4) is 0 Å². The summed E-state index contributed by atoms with van der Waals surface area (Å²) in [6.45, 7) is 0. The van der Waals surface area contributed by atoms with Crippen LogP contribution in [0.2, 0.25) is 0 Å². The molecule has 0 saturated carbocycles. The van der Waals surface area contributed by atoms with Crippen molar-refractivity contribution in [2.24, 2.45) is 0 Å². The number of nitrogens with zero attached hydrogens (tertiary/aromatic N) is 2. The van der Waals surface area contributed by atoms with Gasteiger partial charge in [0.25, 0.3) is 0 Å². The van der Waals surface area contributed by atoms with Crippen LogP contribution in [0.1, 0.15) is 25.0 Å².